The zero-order valence-corrected chi connectivity index (χ0v) is 15.5. The quantitative estimate of drug-likeness (QED) is 0.610. The molecule has 0 bridgehead atoms. The van der Waals surface area contributed by atoms with Gasteiger partial charge in [-0.15, -0.1) is 0 Å². The van der Waals surface area contributed by atoms with Gasteiger partial charge >= 0.3 is 5.97 Å². The van der Waals surface area contributed by atoms with Gasteiger partial charge < -0.3 is 15.4 Å². The molecule has 1 heterocycles. The van der Waals surface area contributed by atoms with Crippen LogP contribution in [0.3, 0.4) is 0 Å². The van der Waals surface area contributed by atoms with E-state index in [0.717, 1.165) is 0 Å². The van der Waals surface area contributed by atoms with Gasteiger partial charge in [0.25, 0.3) is 5.91 Å². The van der Waals surface area contributed by atoms with Crippen LogP contribution in [0.4, 0.5) is 21.5 Å². The Kier molecular flexibility index (Phi) is 5.86. The molecule has 1 amide bonds. The Balaban J connectivity index is 1.79. The van der Waals surface area contributed by atoms with E-state index in [1.54, 1.807) is 24.3 Å². The minimum atomic E-state index is -0.492. The summed E-state index contributed by atoms with van der Waals surface area (Å²) < 4.78 is 17.7. The van der Waals surface area contributed by atoms with Gasteiger partial charge in [-0.1, -0.05) is 11.6 Å². The van der Waals surface area contributed by atoms with Gasteiger partial charge in [-0.25, -0.2) is 9.18 Å². The number of rotatable bonds is 5. The van der Waals surface area contributed by atoms with Crippen molar-refractivity contribution < 1.29 is 18.7 Å². The molecule has 0 saturated carbocycles. The topological polar surface area (TPSA) is 80.3 Å². The molecule has 0 aliphatic heterocycles. The van der Waals surface area contributed by atoms with Crippen molar-refractivity contribution in [2.24, 2.45) is 0 Å². The molecule has 0 unspecified atom stereocenters. The average molecular weight is 400 g/mol. The summed E-state index contributed by atoms with van der Waals surface area (Å²) in [5, 5.41) is 6.08. The van der Waals surface area contributed by atoms with E-state index in [2.05, 4.69) is 15.6 Å². The standard InChI is InChI=1S/C20H15ClFN3O3/c1-28-20(27)12-2-7-16(21)17(10-12)24-15-8-9-23-18(11-15)19(26)25-14-5-3-13(22)4-6-14/h2-11H,1H3,(H,23,24)(H,25,26). The summed E-state index contributed by atoms with van der Waals surface area (Å²) in [6.45, 7) is 0. The number of aromatic nitrogens is 1. The number of hydrogen-bond acceptors (Lipinski definition) is 5. The number of nitrogens with zero attached hydrogens (tertiary/aromatic N) is 1. The van der Waals surface area contributed by atoms with E-state index < -0.39 is 17.7 Å². The van der Waals surface area contributed by atoms with Crippen molar-refractivity contribution in [3.05, 3.63) is 82.9 Å². The first-order valence-corrected chi connectivity index (χ1v) is 8.52. The highest BCUT2D eigenvalue weighted by Gasteiger charge is 2.12. The van der Waals surface area contributed by atoms with Gasteiger partial charge in [-0.2, -0.15) is 0 Å². The summed E-state index contributed by atoms with van der Waals surface area (Å²) in [6.07, 6.45) is 1.46. The lowest BCUT2D eigenvalue weighted by Gasteiger charge is -2.11. The van der Waals surface area contributed by atoms with Gasteiger partial charge in [0.05, 0.1) is 23.4 Å². The van der Waals surface area contributed by atoms with Gasteiger partial charge in [0.2, 0.25) is 0 Å². The molecule has 0 radical (unpaired) electrons. The molecule has 142 valence electrons. The zero-order chi connectivity index (χ0) is 20.1. The van der Waals surface area contributed by atoms with Gasteiger partial charge in [-0.05, 0) is 54.6 Å². The Hall–Kier alpha value is -3.45. The van der Waals surface area contributed by atoms with E-state index in [1.165, 1.54) is 43.6 Å². The summed E-state index contributed by atoms with van der Waals surface area (Å²) >= 11 is 6.18. The van der Waals surface area contributed by atoms with Crippen molar-refractivity contribution in [2.75, 3.05) is 17.7 Å². The van der Waals surface area contributed by atoms with E-state index in [0.29, 0.717) is 27.6 Å². The summed E-state index contributed by atoms with van der Waals surface area (Å²) in [5.74, 6) is -1.34. The Morgan fingerprint density at radius 3 is 2.50 bits per heavy atom. The first kappa shape index (κ1) is 19.3. The predicted octanol–water partition coefficient (Wildman–Crippen LogP) is 4.66. The number of carbonyl (C=O) groups excluding carboxylic acids is 2. The maximum absolute atomic E-state index is 13.0. The van der Waals surface area contributed by atoms with Gasteiger partial charge in [-0.3, -0.25) is 9.78 Å². The molecule has 8 heteroatoms. The van der Waals surface area contributed by atoms with Crippen LogP contribution >= 0.6 is 11.6 Å². The predicted molar refractivity (Wildman–Crippen MR) is 105 cm³/mol. The minimum Gasteiger partial charge on any atom is -0.465 e. The van der Waals surface area contributed by atoms with Crippen LogP contribution in [-0.2, 0) is 4.74 Å². The van der Waals surface area contributed by atoms with Crippen LogP contribution in [0.15, 0.2) is 60.8 Å². The van der Waals surface area contributed by atoms with E-state index in [4.69, 9.17) is 16.3 Å². The highest BCUT2D eigenvalue weighted by molar-refractivity contribution is 6.33. The second-order valence-corrected chi connectivity index (χ2v) is 6.11. The second kappa shape index (κ2) is 8.49. The minimum absolute atomic E-state index is 0.148. The number of halogens is 2. The summed E-state index contributed by atoms with van der Waals surface area (Å²) in [7, 11) is 1.29. The normalized spacial score (nSPS) is 10.2. The van der Waals surface area contributed by atoms with E-state index >= 15 is 0 Å². The number of ether oxygens (including phenoxy) is 1. The lowest BCUT2D eigenvalue weighted by Crippen LogP contribution is -2.13. The smallest absolute Gasteiger partial charge is 0.337 e. The molecular weight excluding hydrogens is 385 g/mol. The molecule has 0 atom stereocenters. The van der Waals surface area contributed by atoms with Gasteiger partial charge in [0.1, 0.15) is 11.5 Å². The van der Waals surface area contributed by atoms with Crippen molar-refractivity contribution >= 4 is 40.5 Å². The molecule has 1 aromatic heterocycles. The lowest BCUT2D eigenvalue weighted by atomic mass is 10.2. The summed E-state index contributed by atoms with van der Waals surface area (Å²) in [6, 6.07) is 13.2. The molecule has 0 fully saturated rings. The number of anilines is 3. The van der Waals surface area contributed by atoms with Crippen molar-refractivity contribution in [1.82, 2.24) is 4.98 Å². The van der Waals surface area contributed by atoms with Crippen LogP contribution in [-0.4, -0.2) is 24.0 Å². The van der Waals surface area contributed by atoms with Crippen LogP contribution < -0.4 is 10.6 Å². The second-order valence-electron chi connectivity index (χ2n) is 5.70. The van der Waals surface area contributed by atoms with Crippen molar-refractivity contribution in [3.8, 4) is 0 Å². The van der Waals surface area contributed by atoms with Crippen LogP contribution in [0.1, 0.15) is 20.8 Å². The molecule has 2 N–H and O–H groups in total. The highest BCUT2D eigenvalue weighted by Crippen LogP contribution is 2.27. The molecule has 0 saturated heterocycles. The average Bonchev–Trinajstić information content (AvgIpc) is 2.71. The summed E-state index contributed by atoms with van der Waals surface area (Å²) in [5.41, 5.74) is 1.94. The van der Waals surface area contributed by atoms with Crippen molar-refractivity contribution in [3.63, 3.8) is 0 Å². The number of pyridine rings is 1. The van der Waals surface area contributed by atoms with E-state index in [9.17, 15) is 14.0 Å². The molecule has 3 aromatic rings. The molecule has 0 spiro atoms. The van der Waals surface area contributed by atoms with Crippen LogP contribution in [0.25, 0.3) is 0 Å². The first-order valence-electron chi connectivity index (χ1n) is 8.14. The molecule has 0 aliphatic carbocycles. The number of methoxy groups -OCH3 is 1. The monoisotopic (exact) mass is 399 g/mol. The number of amides is 1. The molecular formula is C20H15ClFN3O3. The third-order valence-electron chi connectivity index (χ3n) is 3.76. The largest absolute Gasteiger partial charge is 0.465 e. The molecule has 3 rings (SSSR count). The third kappa shape index (κ3) is 4.63. The van der Waals surface area contributed by atoms with Crippen molar-refractivity contribution in [2.45, 2.75) is 0 Å². The number of esters is 1. The first-order chi connectivity index (χ1) is 13.5. The number of hydrogen-bond donors (Lipinski definition) is 2. The van der Waals surface area contributed by atoms with E-state index in [-0.39, 0.29) is 5.69 Å². The van der Waals surface area contributed by atoms with Gasteiger partial charge in [0, 0.05) is 17.6 Å². The van der Waals surface area contributed by atoms with Crippen LogP contribution in [0.5, 0.6) is 0 Å². The lowest BCUT2D eigenvalue weighted by molar-refractivity contribution is 0.0600. The highest BCUT2D eigenvalue weighted by atomic mass is 35.5. The summed E-state index contributed by atoms with van der Waals surface area (Å²) in [4.78, 5) is 28.1. The molecule has 6 nitrogen and oxygen atoms in total. The Bertz CT molecular complexity index is 1030. The fraction of sp³-hybridized carbons (Fsp3) is 0.0500. The number of carbonyl (C=O) groups is 2. The zero-order valence-electron chi connectivity index (χ0n) is 14.7. The fourth-order valence-corrected chi connectivity index (χ4v) is 2.55. The Morgan fingerprint density at radius 2 is 1.79 bits per heavy atom. The molecule has 0 aliphatic rings. The molecule has 2 aromatic carbocycles. The maximum Gasteiger partial charge on any atom is 0.337 e. The van der Waals surface area contributed by atoms with E-state index in [1.807, 2.05) is 0 Å². The van der Waals surface area contributed by atoms with Crippen molar-refractivity contribution in [1.29, 1.82) is 0 Å². The Morgan fingerprint density at radius 1 is 1.04 bits per heavy atom. The molecule has 28 heavy (non-hydrogen) atoms. The maximum atomic E-state index is 13.0. The number of benzene rings is 2. The van der Waals surface area contributed by atoms with Gasteiger partial charge in [0.15, 0.2) is 0 Å². The van der Waals surface area contributed by atoms with Crippen LogP contribution in [0.2, 0.25) is 5.02 Å². The van der Waals surface area contributed by atoms with Crippen LogP contribution in [0, 0.1) is 5.82 Å². The Labute approximate surface area is 165 Å². The SMILES string of the molecule is COC(=O)c1ccc(Cl)c(Nc2ccnc(C(=O)Nc3ccc(F)cc3)c2)c1. The fourth-order valence-electron chi connectivity index (χ4n) is 2.38. The third-order valence-corrected chi connectivity index (χ3v) is 4.09. The number of nitrogens with one attached hydrogen (secondary N) is 2.